The molecule has 0 aliphatic carbocycles. The summed E-state index contributed by atoms with van der Waals surface area (Å²) < 4.78 is 1.04. The van der Waals surface area contributed by atoms with Gasteiger partial charge in [-0.25, -0.2) is 0 Å². The van der Waals surface area contributed by atoms with Crippen molar-refractivity contribution in [2.24, 2.45) is 0 Å². The van der Waals surface area contributed by atoms with Gasteiger partial charge in [-0.1, -0.05) is 33.6 Å². The lowest BCUT2D eigenvalue weighted by Gasteiger charge is -2.02. The van der Waals surface area contributed by atoms with Gasteiger partial charge in [-0.2, -0.15) is 0 Å². The van der Waals surface area contributed by atoms with Crippen molar-refractivity contribution in [1.82, 2.24) is 0 Å². The van der Waals surface area contributed by atoms with E-state index >= 15 is 0 Å². The molecule has 1 aromatic carbocycles. The van der Waals surface area contributed by atoms with E-state index in [1.165, 1.54) is 5.56 Å². The molecule has 0 amide bonds. The summed E-state index contributed by atoms with van der Waals surface area (Å²) in [4.78, 5) is 11.5. The Morgan fingerprint density at radius 1 is 1.54 bits per heavy atom. The Kier molecular flexibility index (Phi) is 4.38. The minimum absolute atomic E-state index is 0.210. The molecule has 0 radical (unpaired) electrons. The first kappa shape index (κ1) is 11.2. The first-order valence-corrected chi connectivity index (χ1v) is 6.20. The van der Waals surface area contributed by atoms with Gasteiger partial charge in [-0.3, -0.25) is 4.79 Å². The topological polar surface area (TPSA) is 17.1 Å². The van der Waals surface area contributed by atoms with Gasteiger partial charge in [0.1, 0.15) is 0 Å². The lowest BCUT2D eigenvalue weighted by Crippen LogP contribution is -2.02. The first-order valence-electron chi connectivity index (χ1n) is 4.00. The van der Waals surface area contributed by atoms with Crippen LogP contribution >= 0.6 is 38.5 Å². The molecule has 0 aromatic heterocycles. The number of carbonyl (C=O) groups excluding carboxylic acids is 1. The molecule has 0 saturated carbocycles. The average molecular weight is 353 g/mol. The Bertz CT molecular complexity index is 323. The third-order valence-corrected chi connectivity index (χ3v) is 3.04. The zero-order valence-corrected chi connectivity index (χ0v) is 11.1. The van der Waals surface area contributed by atoms with Crippen molar-refractivity contribution >= 4 is 44.3 Å². The van der Waals surface area contributed by atoms with Crippen LogP contribution in [-0.2, 0) is 0 Å². The van der Waals surface area contributed by atoms with Gasteiger partial charge in [-0.15, -0.1) is 0 Å². The zero-order chi connectivity index (χ0) is 9.84. The fourth-order valence-electron chi connectivity index (χ4n) is 1.07. The molecule has 0 atom stereocenters. The Labute approximate surface area is 100 Å². The van der Waals surface area contributed by atoms with Crippen molar-refractivity contribution in [3.63, 3.8) is 0 Å². The first-order chi connectivity index (χ1) is 6.15. The normalized spacial score (nSPS) is 10.1. The van der Waals surface area contributed by atoms with Crippen LogP contribution in [0.3, 0.4) is 0 Å². The third-order valence-electron chi connectivity index (χ3n) is 1.75. The number of Topliss-reactive ketones (excluding diaryl/α,β-unsaturated/α-hetero) is 1. The summed E-state index contributed by atoms with van der Waals surface area (Å²) in [6.07, 6.45) is 0.569. The highest BCUT2D eigenvalue weighted by atomic mass is 127. The summed E-state index contributed by atoms with van der Waals surface area (Å²) in [5.41, 5.74) is 2.03. The summed E-state index contributed by atoms with van der Waals surface area (Å²) in [5.74, 6) is 0.210. The zero-order valence-electron chi connectivity index (χ0n) is 7.31. The molecule has 70 valence electrons. The van der Waals surface area contributed by atoms with Crippen LogP contribution in [0, 0.1) is 10.5 Å². The maximum Gasteiger partial charge on any atom is 0.164 e. The standard InChI is InChI=1S/C10H10BrIO/c1-7-2-3-8(9(12)6-7)10(13)4-5-11/h2-3,6H,4-5H2,1H3. The van der Waals surface area contributed by atoms with Crippen LogP contribution in [0.4, 0.5) is 0 Å². The van der Waals surface area contributed by atoms with Crippen molar-refractivity contribution < 1.29 is 4.79 Å². The van der Waals surface area contributed by atoms with Crippen molar-refractivity contribution in [3.05, 3.63) is 32.9 Å². The third kappa shape index (κ3) is 3.06. The van der Waals surface area contributed by atoms with E-state index in [9.17, 15) is 4.79 Å². The van der Waals surface area contributed by atoms with E-state index in [1.807, 2.05) is 25.1 Å². The van der Waals surface area contributed by atoms with Gasteiger partial charge in [0.2, 0.25) is 0 Å². The van der Waals surface area contributed by atoms with Crippen LogP contribution in [0.25, 0.3) is 0 Å². The number of halogens is 2. The lowest BCUT2D eigenvalue weighted by atomic mass is 10.1. The molecule has 0 N–H and O–H groups in total. The van der Waals surface area contributed by atoms with Gasteiger partial charge in [0.05, 0.1) is 0 Å². The van der Waals surface area contributed by atoms with E-state index < -0.39 is 0 Å². The van der Waals surface area contributed by atoms with Gasteiger partial charge >= 0.3 is 0 Å². The van der Waals surface area contributed by atoms with Gasteiger partial charge in [0.15, 0.2) is 5.78 Å². The molecule has 0 aliphatic rings. The fourth-order valence-corrected chi connectivity index (χ4v) is 2.40. The minimum atomic E-state index is 0.210. The van der Waals surface area contributed by atoms with E-state index in [-0.39, 0.29) is 5.78 Å². The Balaban J connectivity index is 2.95. The van der Waals surface area contributed by atoms with Crippen LogP contribution in [0.2, 0.25) is 0 Å². The van der Waals surface area contributed by atoms with Crippen LogP contribution in [0.1, 0.15) is 22.3 Å². The molecule has 1 rings (SSSR count). The van der Waals surface area contributed by atoms with Gasteiger partial charge in [-0.05, 0) is 35.6 Å². The summed E-state index contributed by atoms with van der Waals surface area (Å²) in [6, 6.07) is 5.91. The largest absolute Gasteiger partial charge is 0.294 e. The van der Waals surface area contributed by atoms with E-state index in [0.29, 0.717) is 6.42 Å². The second kappa shape index (κ2) is 5.10. The highest BCUT2D eigenvalue weighted by Crippen LogP contribution is 2.16. The van der Waals surface area contributed by atoms with Crippen LogP contribution in [0.15, 0.2) is 18.2 Å². The summed E-state index contributed by atoms with van der Waals surface area (Å²) >= 11 is 5.47. The monoisotopic (exact) mass is 352 g/mol. The van der Waals surface area contributed by atoms with Crippen molar-refractivity contribution in [3.8, 4) is 0 Å². The SMILES string of the molecule is Cc1ccc(C(=O)CCBr)c(I)c1. The maximum absolute atomic E-state index is 11.5. The molecule has 0 bridgehead atoms. The van der Waals surface area contributed by atoms with Crippen molar-refractivity contribution in [2.75, 3.05) is 5.33 Å². The molecule has 1 nitrogen and oxygen atoms in total. The Hall–Kier alpha value is 0.1000. The molecule has 0 spiro atoms. The molecule has 0 saturated heterocycles. The van der Waals surface area contributed by atoms with Crippen LogP contribution in [-0.4, -0.2) is 11.1 Å². The molecule has 0 heterocycles. The molecule has 0 unspecified atom stereocenters. The second-order valence-electron chi connectivity index (χ2n) is 2.85. The Morgan fingerprint density at radius 2 is 2.23 bits per heavy atom. The van der Waals surface area contributed by atoms with Gasteiger partial charge in [0, 0.05) is 20.9 Å². The van der Waals surface area contributed by atoms with Gasteiger partial charge < -0.3 is 0 Å². The number of ketones is 1. The number of aryl methyl sites for hydroxylation is 1. The fraction of sp³-hybridized carbons (Fsp3) is 0.300. The lowest BCUT2D eigenvalue weighted by molar-refractivity contribution is 0.0989. The van der Waals surface area contributed by atoms with Gasteiger partial charge in [0.25, 0.3) is 0 Å². The van der Waals surface area contributed by atoms with E-state index in [2.05, 4.69) is 38.5 Å². The highest BCUT2D eigenvalue weighted by Gasteiger charge is 2.08. The van der Waals surface area contributed by atoms with Crippen LogP contribution in [0.5, 0.6) is 0 Å². The number of hydrogen-bond acceptors (Lipinski definition) is 1. The number of rotatable bonds is 3. The van der Waals surface area contributed by atoms with E-state index in [4.69, 9.17) is 0 Å². The molecule has 0 fully saturated rings. The maximum atomic E-state index is 11.5. The smallest absolute Gasteiger partial charge is 0.164 e. The number of alkyl halides is 1. The van der Waals surface area contributed by atoms with Crippen molar-refractivity contribution in [2.45, 2.75) is 13.3 Å². The molecular weight excluding hydrogens is 343 g/mol. The summed E-state index contributed by atoms with van der Waals surface area (Å²) in [7, 11) is 0. The Morgan fingerprint density at radius 3 is 2.77 bits per heavy atom. The summed E-state index contributed by atoms with van der Waals surface area (Å²) in [5, 5.41) is 0.732. The van der Waals surface area contributed by atoms with E-state index in [0.717, 1.165) is 14.5 Å². The number of carbonyl (C=O) groups is 1. The van der Waals surface area contributed by atoms with Crippen molar-refractivity contribution in [1.29, 1.82) is 0 Å². The second-order valence-corrected chi connectivity index (χ2v) is 4.80. The molecule has 13 heavy (non-hydrogen) atoms. The van der Waals surface area contributed by atoms with E-state index in [1.54, 1.807) is 0 Å². The molecular formula is C10H10BrIO. The number of hydrogen-bond donors (Lipinski definition) is 0. The quantitative estimate of drug-likeness (QED) is 0.461. The predicted molar refractivity (Wildman–Crippen MR) is 66.6 cm³/mol. The highest BCUT2D eigenvalue weighted by molar-refractivity contribution is 14.1. The molecule has 3 heteroatoms. The van der Waals surface area contributed by atoms with Crippen LogP contribution < -0.4 is 0 Å². The predicted octanol–water partition coefficient (Wildman–Crippen LogP) is 3.57. The summed E-state index contributed by atoms with van der Waals surface area (Å²) in [6.45, 7) is 2.03. The minimum Gasteiger partial charge on any atom is -0.294 e. The molecule has 0 aliphatic heterocycles. The molecule has 1 aromatic rings. The average Bonchev–Trinajstić information content (AvgIpc) is 2.04. The number of benzene rings is 1.